The minimum Gasteiger partial charge on any atom is -0.488 e. The number of nitrogens with one attached hydrogen (secondary N) is 1. The molecule has 0 aliphatic carbocycles. The quantitative estimate of drug-likeness (QED) is 0.752. The zero-order valence-corrected chi connectivity index (χ0v) is 12.7. The predicted octanol–water partition coefficient (Wildman–Crippen LogP) is 4.40. The van der Waals surface area contributed by atoms with Gasteiger partial charge in [-0.2, -0.15) is 0 Å². The maximum Gasteiger partial charge on any atom is 0.139 e. The van der Waals surface area contributed by atoms with Gasteiger partial charge in [-0.05, 0) is 37.9 Å². The number of hydrogen-bond acceptors (Lipinski definition) is 2. The van der Waals surface area contributed by atoms with E-state index < -0.39 is 0 Å². The van der Waals surface area contributed by atoms with Crippen molar-refractivity contribution in [3.05, 3.63) is 28.2 Å². The molecule has 102 valence electrons. The van der Waals surface area contributed by atoms with Crippen LogP contribution in [0.1, 0.15) is 27.2 Å². The first-order valence-electron chi connectivity index (χ1n) is 6.32. The Morgan fingerprint density at radius 1 is 1.22 bits per heavy atom. The van der Waals surface area contributed by atoms with E-state index in [-0.39, 0.29) is 6.10 Å². The summed E-state index contributed by atoms with van der Waals surface area (Å²) in [6, 6.07) is 5.42. The molecule has 1 aromatic rings. The van der Waals surface area contributed by atoms with Crippen LogP contribution >= 0.6 is 23.2 Å². The number of hydrogen-bond donors (Lipinski definition) is 1. The molecule has 0 radical (unpaired) electrons. The second-order valence-electron chi connectivity index (χ2n) is 4.87. The van der Waals surface area contributed by atoms with Crippen LogP contribution in [-0.2, 0) is 0 Å². The molecule has 0 heterocycles. The van der Waals surface area contributed by atoms with E-state index in [0.717, 1.165) is 19.0 Å². The van der Waals surface area contributed by atoms with Crippen molar-refractivity contribution in [2.75, 3.05) is 13.1 Å². The van der Waals surface area contributed by atoms with Gasteiger partial charge in [0.2, 0.25) is 0 Å². The van der Waals surface area contributed by atoms with Gasteiger partial charge in [-0.3, -0.25) is 0 Å². The summed E-state index contributed by atoms with van der Waals surface area (Å²) in [4.78, 5) is 0. The molecule has 0 saturated heterocycles. The minimum absolute atomic E-state index is 0.0631. The Hall–Kier alpha value is -0.440. The Morgan fingerprint density at radius 3 is 2.61 bits per heavy atom. The van der Waals surface area contributed by atoms with Crippen LogP contribution in [0.2, 0.25) is 10.0 Å². The molecule has 4 heteroatoms. The summed E-state index contributed by atoms with van der Waals surface area (Å²) < 4.78 is 5.75. The van der Waals surface area contributed by atoms with Crippen molar-refractivity contribution in [1.29, 1.82) is 0 Å². The average molecular weight is 290 g/mol. The Morgan fingerprint density at radius 2 is 1.94 bits per heavy atom. The maximum absolute atomic E-state index is 6.06. The SMILES string of the molecule is CC(C)CCNCC(C)Oc1cccc(Cl)c1Cl. The molecule has 0 saturated carbocycles. The van der Waals surface area contributed by atoms with E-state index in [4.69, 9.17) is 27.9 Å². The van der Waals surface area contributed by atoms with Crippen LogP contribution in [0.15, 0.2) is 18.2 Å². The normalized spacial score (nSPS) is 12.8. The standard InChI is InChI=1S/C14H21Cl2NO/c1-10(2)7-8-17-9-11(3)18-13-6-4-5-12(15)14(13)16/h4-6,10-11,17H,7-9H2,1-3H3. The van der Waals surface area contributed by atoms with Crippen LogP contribution in [0.25, 0.3) is 0 Å². The number of ether oxygens (including phenoxy) is 1. The smallest absolute Gasteiger partial charge is 0.139 e. The lowest BCUT2D eigenvalue weighted by atomic mass is 10.1. The lowest BCUT2D eigenvalue weighted by Gasteiger charge is -2.17. The highest BCUT2D eigenvalue weighted by Gasteiger charge is 2.09. The van der Waals surface area contributed by atoms with Crippen LogP contribution in [0.5, 0.6) is 5.75 Å². The van der Waals surface area contributed by atoms with Crippen molar-refractivity contribution < 1.29 is 4.74 Å². The van der Waals surface area contributed by atoms with Gasteiger partial charge in [0.25, 0.3) is 0 Å². The third-order valence-electron chi connectivity index (χ3n) is 2.57. The Balaban J connectivity index is 2.35. The zero-order valence-electron chi connectivity index (χ0n) is 11.2. The van der Waals surface area contributed by atoms with E-state index in [1.54, 1.807) is 6.07 Å². The lowest BCUT2D eigenvalue weighted by Crippen LogP contribution is -2.30. The van der Waals surface area contributed by atoms with Crippen LogP contribution in [0.4, 0.5) is 0 Å². The van der Waals surface area contributed by atoms with Crippen molar-refractivity contribution in [3.8, 4) is 5.75 Å². The van der Waals surface area contributed by atoms with E-state index in [1.165, 1.54) is 6.42 Å². The Labute approximate surface area is 120 Å². The average Bonchev–Trinajstić information content (AvgIpc) is 2.30. The van der Waals surface area contributed by atoms with Crippen LogP contribution in [-0.4, -0.2) is 19.2 Å². The van der Waals surface area contributed by atoms with E-state index in [2.05, 4.69) is 19.2 Å². The fraction of sp³-hybridized carbons (Fsp3) is 0.571. The van der Waals surface area contributed by atoms with Gasteiger partial charge in [0, 0.05) is 6.54 Å². The molecule has 0 aliphatic heterocycles. The van der Waals surface area contributed by atoms with Gasteiger partial charge in [0.1, 0.15) is 16.9 Å². The van der Waals surface area contributed by atoms with E-state index in [0.29, 0.717) is 15.8 Å². The van der Waals surface area contributed by atoms with Gasteiger partial charge in [0.05, 0.1) is 5.02 Å². The summed E-state index contributed by atoms with van der Waals surface area (Å²) in [7, 11) is 0. The van der Waals surface area contributed by atoms with E-state index in [9.17, 15) is 0 Å². The van der Waals surface area contributed by atoms with Crippen LogP contribution < -0.4 is 10.1 Å². The monoisotopic (exact) mass is 289 g/mol. The van der Waals surface area contributed by atoms with Crippen LogP contribution in [0, 0.1) is 5.92 Å². The van der Waals surface area contributed by atoms with Crippen LogP contribution in [0.3, 0.4) is 0 Å². The molecule has 1 unspecified atom stereocenters. The van der Waals surface area contributed by atoms with Gasteiger partial charge in [-0.1, -0.05) is 43.1 Å². The second-order valence-corrected chi connectivity index (χ2v) is 5.65. The second kappa shape index (κ2) is 7.88. The number of rotatable bonds is 7. The molecular weight excluding hydrogens is 269 g/mol. The summed E-state index contributed by atoms with van der Waals surface area (Å²) in [6.45, 7) is 8.25. The fourth-order valence-electron chi connectivity index (χ4n) is 1.53. The van der Waals surface area contributed by atoms with E-state index in [1.807, 2.05) is 19.1 Å². The number of halogens is 2. The zero-order chi connectivity index (χ0) is 13.5. The van der Waals surface area contributed by atoms with Crippen molar-refractivity contribution in [2.45, 2.75) is 33.3 Å². The predicted molar refractivity (Wildman–Crippen MR) is 78.9 cm³/mol. The molecule has 0 bridgehead atoms. The maximum atomic E-state index is 6.06. The molecule has 2 nitrogen and oxygen atoms in total. The van der Waals surface area contributed by atoms with Gasteiger partial charge < -0.3 is 10.1 Å². The third-order valence-corrected chi connectivity index (χ3v) is 3.38. The molecule has 0 aliphatic rings. The molecule has 1 aromatic carbocycles. The van der Waals surface area contributed by atoms with Crippen molar-refractivity contribution >= 4 is 23.2 Å². The largest absolute Gasteiger partial charge is 0.488 e. The molecule has 0 aromatic heterocycles. The molecule has 0 fully saturated rings. The minimum atomic E-state index is 0.0631. The first-order valence-corrected chi connectivity index (χ1v) is 7.07. The molecule has 0 amide bonds. The molecule has 1 atom stereocenters. The third kappa shape index (κ3) is 5.47. The van der Waals surface area contributed by atoms with Gasteiger partial charge in [0.15, 0.2) is 0 Å². The van der Waals surface area contributed by atoms with E-state index >= 15 is 0 Å². The Kier molecular flexibility index (Phi) is 6.83. The summed E-state index contributed by atoms with van der Waals surface area (Å²) in [5.41, 5.74) is 0. The summed E-state index contributed by atoms with van der Waals surface area (Å²) in [5, 5.41) is 4.37. The molecule has 18 heavy (non-hydrogen) atoms. The molecule has 1 rings (SSSR count). The molecular formula is C14H21Cl2NO. The highest BCUT2D eigenvalue weighted by Crippen LogP contribution is 2.31. The highest BCUT2D eigenvalue weighted by molar-refractivity contribution is 6.42. The van der Waals surface area contributed by atoms with Gasteiger partial charge in [-0.25, -0.2) is 0 Å². The molecule has 0 spiro atoms. The summed E-state index contributed by atoms with van der Waals surface area (Å²) in [5.74, 6) is 1.36. The van der Waals surface area contributed by atoms with Crippen molar-refractivity contribution in [1.82, 2.24) is 5.32 Å². The first-order chi connectivity index (χ1) is 8.50. The first kappa shape index (κ1) is 15.6. The highest BCUT2D eigenvalue weighted by atomic mass is 35.5. The number of benzene rings is 1. The lowest BCUT2D eigenvalue weighted by molar-refractivity contribution is 0.216. The summed E-state index contributed by atoms with van der Waals surface area (Å²) >= 11 is 12.0. The van der Waals surface area contributed by atoms with Gasteiger partial charge in [-0.15, -0.1) is 0 Å². The van der Waals surface area contributed by atoms with Crippen molar-refractivity contribution in [2.24, 2.45) is 5.92 Å². The Bertz CT molecular complexity index is 369. The topological polar surface area (TPSA) is 21.3 Å². The summed E-state index contributed by atoms with van der Waals surface area (Å²) in [6.07, 6.45) is 1.23. The molecule has 1 N–H and O–H groups in total. The van der Waals surface area contributed by atoms with Gasteiger partial charge >= 0.3 is 0 Å². The van der Waals surface area contributed by atoms with Crippen molar-refractivity contribution in [3.63, 3.8) is 0 Å². The fourth-order valence-corrected chi connectivity index (χ4v) is 1.87.